The summed E-state index contributed by atoms with van der Waals surface area (Å²) in [5.74, 6) is -0.409. The molecular weight excluding hydrogens is 333 g/mol. The van der Waals surface area contributed by atoms with Crippen LogP contribution in [0.3, 0.4) is 0 Å². The van der Waals surface area contributed by atoms with E-state index in [1.807, 2.05) is 19.9 Å². The number of nitrogens with zero attached hydrogens (tertiary/aromatic N) is 3. The molecule has 0 N–H and O–H groups in total. The highest BCUT2D eigenvalue weighted by Gasteiger charge is 2.29. The van der Waals surface area contributed by atoms with Crippen LogP contribution in [0.2, 0.25) is 0 Å². The van der Waals surface area contributed by atoms with Crippen molar-refractivity contribution in [2.45, 2.75) is 38.8 Å². The first kappa shape index (κ1) is 18.6. The molecule has 140 valence electrons. The lowest BCUT2D eigenvalue weighted by Gasteiger charge is -2.39. The monoisotopic (exact) mass is 359 g/mol. The Hall–Kier alpha value is -2.21. The highest BCUT2D eigenvalue weighted by atomic mass is 19.1. The SMILES string of the molecule is CCOC(=O)C(C)N1CCC(N(C)c2ccnc3ccc(F)cc23)CC1. The smallest absolute Gasteiger partial charge is 0.323 e. The molecule has 6 heteroatoms. The fraction of sp³-hybridized carbons (Fsp3) is 0.500. The molecule has 0 amide bonds. The average Bonchev–Trinajstić information content (AvgIpc) is 2.66. The molecule has 2 aromatic rings. The van der Waals surface area contributed by atoms with Gasteiger partial charge in [0.25, 0.3) is 0 Å². The predicted octanol–water partition coefficient (Wildman–Crippen LogP) is 3.23. The Kier molecular flexibility index (Phi) is 5.71. The summed E-state index contributed by atoms with van der Waals surface area (Å²) in [5.41, 5.74) is 1.79. The minimum absolute atomic E-state index is 0.157. The van der Waals surface area contributed by atoms with Gasteiger partial charge in [-0.25, -0.2) is 4.39 Å². The number of piperidine rings is 1. The van der Waals surface area contributed by atoms with Gasteiger partial charge in [0.05, 0.1) is 12.1 Å². The summed E-state index contributed by atoms with van der Waals surface area (Å²) in [6.45, 7) is 5.82. The zero-order valence-corrected chi connectivity index (χ0v) is 15.6. The van der Waals surface area contributed by atoms with E-state index in [9.17, 15) is 9.18 Å². The number of halogens is 1. The van der Waals surface area contributed by atoms with Crippen LogP contribution in [-0.4, -0.2) is 54.7 Å². The molecule has 0 aliphatic carbocycles. The van der Waals surface area contributed by atoms with E-state index in [0.717, 1.165) is 42.5 Å². The van der Waals surface area contributed by atoms with Crippen LogP contribution in [0.5, 0.6) is 0 Å². The second-order valence-corrected chi connectivity index (χ2v) is 6.80. The molecule has 0 saturated carbocycles. The van der Waals surface area contributed by atoms with Crippen molar-refractivity contribution in [3.8, 4) is 0 Å². The molecule has 1 saturated heterocycles. The lowest BCUT2D eigenvalue weighted by atomic mass is 10.0. The van der Waals surface area contributed by atoms with E-state index in [-0.39, 0.29) is 17.8 Å². The number of esters is 1. The van der Waals surface area contributed by atoms with E-state index in [4.69, 9.17) is 4.74 Å². The molecule has 26 heavy (non-hydrogen) atoms. The first-order valence-electron chi connectivity index (χ1n) is 9.19. The van der Waals surface area contributed by atoms with Crippen LogP contribution in [0.4, 0.5) is 10.1 Å². The number of benzene rings is 1. The Morgan fingerprint density at radius 3 is 2.81 bits per heavy atom. The van der Waals surface area contributed by atoms with Crippen molar-refractivity contribution in [2.24, 2.45) is 0 Å². The number of carbonyl (C=O) groups excluding carboxylic acids is 1. The number of aromatic nitrogens is 1. The van der Waals surface area contributed by atoms with Crippen molar-refractivity contribution in [3.05, 3.63) is 36.3 Å². The van der Waals surface area contributed by atoms with Crippen molar-refractivity contribution < 1.29 is 13.9 Å². The third kappa shape index (κ3) is 3.80. The van der Waals surface area contributed by atoms with Crippen LogP contribution in [-0.2, 0) is 9.53 Å². The van der Waals surface area contributed by atoms with Gasteiger partial charge in [-0.05, 0) is 51.0 Å². The summed E-state index contributed by atoms with van der Waals surface area (Å²) >= 11 is 0. The summed E-state index contributed by atoms with van der Waals surface area (Å²) in [6.07, 6.45) is 3.66. The number of ether oxygens (including phenoxy) is 1. The van der Waals surface area contributed by atoms with Gasteiger partial charge in [-0.15, -0.1) is 0 Å². The highest BCUT2D eigenvalue weighted by molar-refractivity contribution is 5.91. The molecular formula is C20H26FN3O2. The topological polar surface area (TPSA) is 45.7 Å². The van der Waals surface area contributed by atoms with Gasteiger partial charge in [-0.2, -0.15) is 0 Å². The molecule has 1 aliphatic heterocycles. The quantitative estimate of drug-likeness (QED) is 0.767. The van der Waals surface area contributed by atoms with Gasteiger partial charge < -0.3 is 9.64 Å². The lowest BCUT2D eigenvalue weighted by molar-refractivity contribution is -0.149. The summed E-state index contributed by atoms with van der Waals surface area (Å²) in [6, 6.07) is 6.77. The highest BCUT2D eigenvalue weighted by Crippen LogP contribution is 2.29. The Morgan fingerprint density at radius 2 is 2.12 bits per heavy atom. The molecule has 0 bridgehead atoms. The van der Waals surface area contributed by atoms with Gasteiger partial charge in [0.15, 0.2) is 0 Å². The normalized spacial score (nSPS) is 17.2. The van der Waals surface area contributed by atoms with E-state index in [0.29, 0.717) is 12.6 Å². The number of carbonyl (C=O) groups is 1. The zero-order chi connectivity index (χ0) is 18.7. The molecule has 1 atom stereocenters. The number of likely N-dealkylation sites (tertiary alicyclic amines) is 1. The standard InChI is InChI=1S/C20H26FN3O2/c1-4-26-20(25)14(2)24-11-8-16(9-12-24)23(3)19-7-10-22-18-6-5-15(21)13-17(18)19/h5-7,10,13-14,16H,4,8-9,11-12H2,1-3H3. The number of anilines is 1. The molecule has 1 unspecified atom stereocenters. The molecule has 1 aromatic carbocycles. The molecule has 1 aromatic heterocycles. The van der Waals surface area contributed by atoms with Gasteiger partial charge >= 0.3 is 5.97 Å². The van der Waals surface area contributed by atoms with E-state index < -0.39 is 0 Å². The molecule has 3 rings (SSSR count). The molecule has 2 heterocycles. The second-order valence-electron chi connectivity index (χ2n) is 6.80. The minimum atomic E-state index is -0.252. The fourth-order valence-electron chi connectivity index (χ4n) is 3.68. The number of rotatable bonds is 5. The van der Waals surface area contributed by atoms with Gasteiger partial charge in [0, 0.05) is 43.4 Å². The third-order valence-electron chi connectivity index (χ3n) is 5.28. The van der Waals surface area contributed by atoms with Gasteiger partial charge in [0.1, 0.15) is 11.9 Å². The molecule has 5 nitrogen and oxygen atoms in total. The van der Waals surface area contributed by atoms with Gasteiger partial charge in [-0.3, -0.25) is 14.7 Å². The fourth-order valence-corrected chi connectivity index (χ4v) is 3.68. The van der Waals surface area contributed by atoms with Crippen molar-refractivity contribution in [1.29, 1.82) is 0 Å². The molecule has 0 spiro atoms. The maximum Gasteiger partial charge on any atom is 0.323 e. The summed E-state index contributed by atoms with van der Waals surface area (Å²) in [4.78, 5) is 20.7. The van der Waals surface area contributed by atoms with Crippen LogP contribution in [0.1, 0.15) is 26.7 Å². The van der Waals surface area contributed by atoms with Crippen molar-refractivity contribution in [3.63, 3.8) is 0 Å². The second kappa shape index (κ2) is 7.99. The predicted molar refractivity (Wildman–Crippen MR) is 101 cm³/mol. The Bertz CT molecular complexity index is 775. The largest absolute Gasteiger partial charge is 0.465 e. The summed E-state index contributed by atoms with van der Waals surface area (Å²) in [7, 11) is 2.05. The lowest BCUT2D eigenvalue weighted by Crippen LogP contribution is -2.49. The van der Waals surface area contributed by atoms with E-state index >= 15 is 0 Å². The maximum absolute atomic E-state index is 13.7. The Balaban J connectivity index is 1.70. The minimum Gasteiger partial charge on any atom is -0.465 e. The Labute approximate surface area is 153 Å². The first-order chi connectivity index (χ1) is 12.5. The van der Waals surface area contributed by atoms with Crippen LogP contribution >= 0.6 is 0 Å². The van der Waals surface area contributed by atoms with Crippen LogP contribution < -0.4 is 4.90 Å². The number of hydrogen-bond donors (Lipinski definition) is 0. The molecule has 1 fully saturated rings. The van der Waals surface area contributed by atoms with Gasteiger partial charge in [-0.1, -0.05) is 0 Å². The summed E-state index contributed by atoms with van der Waals surface area (Å²) < 4.78 is 18.8. The van der Waals surface area contributed by atoms with Crippen molar-refractivity contribution >= 4 is 22.6 Å². The van der Waals surface area contributed by atoms with Crippen molar-refractivity contribution in [1.82, 2.24) is 9.88 Å². The molecule has 0 radical (unpaired) electrons. The third-order valence-corrected chi connectivity index (χ3v) is 5.28. The van der Waals surface area contributed by atoms with Crippen LogP contribution in [0.15, 0.2) is 30.5 Å². The number of hydrogen-bond acceptors (Lipinski definition) is 5. The van der Waals surface area contributed by atoms with Crippen LogP contribution in [0.25, 0.3) is 10.9 Å². The number of fused-ring (bicyclic) bond motifs is 1. The van der Waals surface area contributed by atoms with Gasteiger partial charge in [0.2, 0.25) is 0 Å². The van der Waals surface area contributed by atoms with Crippen LogP contribution in [0, 0.1) is 5.82 Å². The van der Waals surface area contributed by atoms with E-state index in [1.54, 1.807) is 18.3 Å². The van der Waals surface area contributed by atoms with E-state index in [2.05, 4.69) is 21.8 Å². The first-order valence-corrected chi connectivity index (χ1v) is 9.19. The summed E-state index contributed by atoms with van der Waals surface area (Å²) in [5, 5.41) is 0.831. The number of pyridine rings is 1. The molecule has 1 aliphatic rings. The maximum atomic E-state index is 13.7. The van der Waals surface area contributed by atoms with Crippen molar-refractivity contribution in [2.75, 3.05) is 31.6 Å². The van der Waals surface area contributed by atoms with E-state index in [1.165, 1.54) is 6.07 Å². The zero-order valence-electron chi connectivity index (χ0n) is 15.6. The average molecular weight is 359 g/mol. The Morgan fingerprint density at radius 1 is 1.38 bits per heavy atom.